The number of amides is 1. The largest absolute Gasteiger partial charge is 0.443 e. The fourth-order valence-electron chi connectivity index (χ4n) is 1.44. The maximum Gasteiger partial charge on any atom is 0.275 e. The molecule has 0 bridgehead atoms. The smallest absolute Gasteiger partial charge is 0.275 e. The molecule has 1 heterocycles. The van der Waals surface area contributed by atoms with Gasteiger partial charge in [0.1, 0.15) is 5.76 Å². The van der Waals surface area contributed by atoms with E-state index in [2.05, 4.69) is 4.98 Å². The number of nitrogens with two attached hydrogens (primary N) is 1. The van der Waals surface area contributed by atoms with Crippen molar-refractivity contribution in [1.29, 1.82) is 0 Å². The predicted octanol–water partition coefficient (Wildman–Crippen LogP) is 1.91. The molecule has 96 valence electrons. The van der Waals surface area contributed by atoms with Crippen LogP contribution >= 0.6 is 0 Å². The number of aromatic nitrogens is 1. The molecule has 0 aromatic carbocycles. The van der Waals surface area contributed by atoms with Gasteiger partial charge in [-0.2, -0.15) is 0 Å². The van der Waals surface area contributed by atoms with Crippen molar-refractivity contribution < 1.29 is 9.21 Å². The van der Waals surface area contributed by atoms with Crippen LogP contribution in [-0.4, -0.2) is 29.9 Å². The molecule has 0 saturated carbocycles. The van der Waals surface area contributed by atoms with Gasteiger partial charge in [-0.25, -0.2) is 4.98 Å². The quantitative estimate of drug-likeness (QED) is 0.871. The van der Waals surface area contributed by atoms with Crippen LogP contribution in [0.25, 0.3) is 0 Å². The average Bonchev–Trinajstić information content (AvgIpc) is 2.71. The number of carbonyl (C=O) groups excluding carboxylic acids is 1. The fourth-order valence-corrected chi connectivity index (χ4v) is 1.44. The van der Waals surface area contributed by atoms with E-state index < -0.39 is 0 Å². The Hall–Kier alpha value is -1.36. The summed E-state index contributed by atoms with van der Waals surface area (Å²) in [5.74, 6) is 1.02. The van der Waals surface area contributed by atoms with E-state index in [1.807, 2.05) is 20.8 Å². The molecule has 1 aromatic heterocycles. The average molecular weight is 239 g/mol. The summed E-state index contributed by atoms with van der Waals surface area (Å²) in [7, 11) is 3.39. The number of hydrogen-bond acceptors (Lipinski definition) is 4. The number of carbonyl (C=O) groups is 1. The van der Waals surface area contributed by atoms with Crippen molar-refractivity contribution >= 4 is 5.91 Å². The first-order valence-corrected chi connectivity index (χ1v) is 5.86. The van der Waals surface area contributed by atoms with Crippen LogP contribution in [0, 0.1) is 0 Å². The highest BCUT2D eigenvalue weighted by Gasteiger charge is 2.25. The molecule has 2 N–H and O–H groups in total. The van der Waals surface area contributed by atoms with Gasteiger partial charge >= 0.3 is 0 Å². The van der Waals surface area contributed by atoms with Crippen molar-refractivity contribution in [3.63, 3.8) is 0 Å². The minimum atomic E-state index is -0.254. The molecular formula is C12H21N3O2. The van der Waals surface area contributed by atoms with Crippen molar-refractivity contribution in [1.82, 2.24) is 9.88 Å². The lowest BCUT2D eigenvalue weighted by atomic mass is 10.1. The molecule has 5 heteroatoms. The van der Waals surface area contributed by atoms with Crippen LogP contribution in [0.1, 0.15) is 61.3 Å². The van der Waals surface area contributed by atoms with Crippen LogP contribution in [0.4, 0.5) is 0 Å². The lowest BCUT2D eigenvalue weighted by molar-refractivity contribution is 0.0820. The summed E-state index contributed by atoms with van der Waals surface area (Å²) in [6.07, 6.45) is 0.730. The standard InChI is InChI=1S/C12H21N3O2/c1-6-8(13)11-14-9(12(16)15(4)5)10(17-11)7(2)3/h7-8H,6,13H2,1-5H3/t8-/m0/s1. The Morgan fingerprint density at radius 1 is 1.47 bits per heavy atom. The molecule has 1 amide bonds. The zero-order valence-electron chi connectivity index (χ0n) is 11.2. The van der Waals surface area contributed by atoms with E-state index in [0.717, 1.165) is 6.42 Å². The van der Waals surface area contributed by atoms with Crippen LogP contribution in [0.15, 0.2) is 4.42 Å². The lowest BCUT2D eigenvalue weighted by Crippen LogP contribution is -2.23. The maximum absolute atomic E-state index is 12.0. The monoisotopic (exact) mass is 239 g/mol. The van der Waals surface area contributed by atoms with Crippen LogP contribution in [0.2, 0.25) is 0 Å². The van der Waals surface area contributed by atoms with Crippen molar-refractivity contribution in [2.45, 2.75) is 39.2 Å². The summed E-state index contributed by atoms with van der Waals surface area (Å²) in [4.78, 5) is 17.7. The third-order valence-electron chi connectivity index (χ3n) is 2.56. The van der Waals surface area contributed by atoms with E-state index in [0.29, 0.717) is 17.3 Å². The Morgan fingerprint density at radius 2 is 2.06 bits per heavy atom. The van der Waals surface area contributed by atoms with E-state index in [9.17, 15) is 4.79 Å². The highest BCUT2D eigenvalue weighted by molar-refractivity contribution is 5.93. The van der Waals surface area contributed by atoms with E-state index in [1.54, 1.807) is 14.1 Å². The summed E-state index contributed by atoms with van der Waals surface area (Å²) in [5.41, 5.74) is 6.25. The molecule has 0 aliphatic rings. The topological polar surface area (TPSA) is 72.4 Å². The summed E-state index contributed by atoms with van der Waals surface area (Å²) in [6, 6.07) is -0.254. The predicted molar refractivity (Wildman–Crippen MR) is 65.8 cm³/mol. The SMILES string of the molecule is CC[C@H](N)c1nc(C(=O)N(C)C)c(C(C)C)o1. The van der Waals surface area contributed by atoms with Crippen LogP contribution in [0.5, 0.6) is 0 Å². The van der Waals surface area contributed by atoms with Gasteiger partial charge in [0.05, 0.1) is 6.04 Å². The Kier molecular flexibility index (Phi) is 4.28. The molecule has 1 rings (SSSR count). The van der Waals surface area contributed by atoms with Gasteiger partial charge in [-0.3, -0.25) is 4.79 Å². The second-order valence-electron chi connectivity index (χ2n) is 4.63. The van der Waals surface area contributed by atoms with Crippen molar-refractivity contribution in [3.8, 4) is 0 Å². The molecule has 0 fully saturated rings. The van der Waals surface area contributed by atoms with Gasteiger partial charge in [0, 0.05) is 20.0 Å². The van der Waals surface area contributed by atoms with Crippen molar-refractivity contribution in [2.75, 3.05) is 14.1 Å². The zero-order chi connectivity index (χ0) is 13.2. The Morgan fingerprint density at radius 3 is 2.47 bits per heavy atom. The molecule has 0 aliphatic carbocycles. The molecule has 0 radical (unpaired) electrons. The highest BCUT2D eigenvalue weighted by atomic mass is 16.4. The fraction of sp³-hybridized carbons (Fsp3) is 0.667. The normalized spacial score (nSPS) is 12.9. The molecule has 1 aromatic rings. The van der Waals surface area contributed by atoms with Gasteiger partial charge < -0.3 is 15.1 Å². The van der Waals surface area contributed by atoms with Crippen LogP contribution < -0.4 is 5.73 Å². The van der Waals surface area contributed by atoms with Crippen molar-refractivity contribution in [3.05, 3.63) is 17.3 Å². The van der Waals surface area contributed by atoms with E-state index in [1.165, 1.54) is 4.90 Å². The van der Waals surface area contributed by atoms with Gasteiger partial charge in [0.15, 0.2) is 5.69 Å². The summed E-state index contributed by atoms with van der Waals surface area (Å²) in [6.45, 7) is 5.89. The van der Waals surface area contributed by atoms with E-state index in [-0.39, 0.29) is 17.9 Å². The Balaban J connectivity index is 3.18. The van der Waals surface area contributed by atoms with E-state index in [4.69, 9.17) is 10.2 Å². The van der Waals surface area contributed by atoms with Crippen LogP contribution in [0.3, 0.4) is 0 Å². The third kappa shape index (κ3) is 2.85. The van der Waals surface area contributed by atoms with Gasteiger partial charge in [-0.15, -0.1) is 0 Å². The second kappa shape index (κ2) is 5.31. The van der Waals surface area contributed by atoms with Gasteiger partial charge in [0.25, 0.3) is 5.91 Å². The third-order valence-corrected chi connectivity index (χ3v) is 2.56. The first kappa shape index (κ1) is 13.7. The molecule has 0 saturated heterocycles. The summed E-state index contributed by atoms with van der Waals surface area (Å²) < 4.78 is 5.62. The molecule has 5 nitrogen and oxygen atoms in total. The molecule has 0 aliphatic heterocycles. The summed E-state index contributed by atoms with van der Waals surface area (Å²) in [5, 5.41) is 0. The second-order valence-corrected chi connectivity index (χ2v) is 4.63. The van der Waals surface area contributed by atoms with Crippen LogP contribution in [-0.2, 0) is 0 Å². The first-order chi connectivity index (χ1) is 7.88. The first-order valence-electron chi connectivity index (χ1n) is 5.86. The Bertz CT molecular complexity index is 396. The van der Waals surface area contributed by atoms with Crippen molar-refractivity contribution in [2.24, 2.45) is 5.73 Å². The number of nitrogens with zero attached hydrogens (tertiary/aromatic N) is 2. The lowest BCUT2D eigenvalue weighted by Gasteiger charge is -2.09. The zero-order valence-corrected chi connectivity index (χ0v) is 11.2. The molecule has 0 unspecified atom stereocenters. The maximum atomic E-state index is 12.0. The van der Waals surface area contributed by atoms with Gasteiger partial charge in [-0.1, -0.05) is 20.8 Å². The highest BCUT2D eigenvalue weighted by Crippen LogP contribution is 2.25. The minimum Gasteiger partial charge on any atom is -0.443 e. The number of hydrogen-bond donors (Lipinski definition) is 1. The van der Waals surface area contributed by atoms with Gasteiger partial charge in [0.2, 0.25) is 5.89 Å². The Labute approximate surface area is 102 Å². The minimum absolute atomic E-state index is 0.110. The number of rotatable bonds is 4. The molecule has 1 atom stereocenters. The molecule has 0 spiro atoms. The summed E-state index contributed by atoms with van der Waals surface area (Å²) >= 11 is 0. The van der Waals surface area contributed by atoms with Gasteiger partial charge in [-0.05, 0) is 6.42 Å². The number of oxazole rings is 1. The van der Waals surface area contributed by atoms with E-state index >= 15 is 0 Å². The molecule has 17 heavy (non-hydrogen) atoms. The molecular weight excluding hydrogens is 218 g/mol.